The minimum Gasteiger partial charge on any atom is -0.278 e. The molecule has 0 saturated heterocycles. The molecule has 0 spiro atoms. The Hall–Kier alpha value is -0.250. The first-order valence-electron chi connectivity index (χ1n) is 1.67. The lowest BCUT2D eigenvalue weighted by Gasteiger charge is -1.96. The summed E-state index contributed by atoms with van der Waals surface area (Å²) in [5.41, 5.74) is 0. The quantitative estimate of drug-likeness (QED) is 0.538. The Morgan fingerprint density at radius 2 is 1.75 bits per heavy atom. The zero-order valence-corrected chi connectivity index (χ0v) is 4.33. The average molecular weight is 146 g/mol. The monoisotopic (exact) mass is 146 g/mol. The van der Waals surface area contributed by atoms with Crippen molar-refractivity contribution in [2.24, 2.45) is 0 Å². The molecule has 0 aromatic heterocycles. The van der Waals surface area contributed by atoms with E-state index in [0.29, 0.717) is 0 Å². The lowest BCUT2D eigenvalue weighted by molar-refractivity contribution is -0.120. The van der Waals surface area contributed by atoms with Crippen LogP contribution in [-0.4, -0.2) is 17.8 Å². The molecule has 0 aromatic carbocycles. The summed E-state index contributed by atoms with van der Waals surface area (Å²) in [7, 11) is 0. The number of rotatable bonds is 2. The van der Waals surface area contributed by atoms with Crippen LogP contribution in [0.3, 0.4) is 0 Å². The molecule has 0 heterocycles. The highest BCUT2D eigenvalue weighted by Gasteiger charge is 2.25. The zero-order chi connectivity index (χ0) is 6.73. The number of carbonyl (C=O) groups excluding carboxylic acids is 1. The van der Waals surface area contributed by atoms with Crippen molar-refractivity contribution in [3.63, 3.8) is 0 Å². The van der Waals surface area contributed by atoms with E-state index in [1.165, 1.54) is 0 Å². The average Bonchev–Trinajstić information content (AvgIpc) is 1.64. The molecule has 1 unspecified atom stereocenters. The van der Waals surface area contributed by atoms with Crippen molar-refractivity contribution >= 4 is 16.8 Å². The van der Waals surface area contributed by atoms with Gasteiger partial charge in [-0.2, -0.15) is 0 Å². The highest BCUT2D eigenvalue weighted by atomic mass is 35.5. The minimum atomic E-state index is -3.31. The molecule has 0 rings (SSSR count). The first-order valence-corrected chi connectivity index (χ1v) is 2.05. The largest absolute Gasteiger partial charge is 0.278 e. The van der Waals surface area contributed by atoms with Gasteiger partial charge in [0, 0.05) is 0 Å². The molecule has 1 atom stereocenters. The highest BCUT2D eigenvalue weighted by Crippen LogP contribution is 2.07. The second-order valence-corrected chi connectivity index (χ2v) is 1.41. The third kappa shape index (κ3) is 2.16. The van der Waals surface area contributed by atoms with Gasteiger partial charge in [-0.15, -0.1) is 0 Å². The Kier molecular flexibility index (Phi) is 2.82. The summed E-state index contributed by atoms with van der Waals surface area (Å²) in [6.45, 7) is 0. The molecule has 0 bridgehead atoms. The molecule has 5 heteroatoms. The minimum absolute atomic E-state index is 1.65. The smallest absolute Gasteiger partial charge is 0.277 e. The Balaban J connectivity index is 3.64. The summed E-state index contributed by atoms with van der Waals surface area (Å²) in [5, 5.41) is -1.65. The predicted octanol–water partition coefficient (Wildman–Crippen LogP) is 1.35. The summed E-state index contributed by atoms with van der Waals surface area (Å²) < 4.78 is 33.4. The van der Waals surface area contributed by atoms with E-state index >= 15 is 0 Å². The molecule has 0 radical (unpaired) electrons. The molecule has 1 nitrogen and oxygen atoms in total. The van der Waals surface area contributed by atoms with Gasteiger partial charge in [-0.05, 0) is 11.6 Å². The molecule has 0 N–H and O–H groups in total. The van der Waals surface area contributed by atoms with Gasteiger partial charge >= 0.3 is 0 Å². The van der Waals surface area contributed by atoms with Crippen molar-refractivity contribution in [3.8, 4) is 0 Å². The normalized spacial score (nSPS) is 14.1. The fourth-order valence-electron chi connectivity index (χ4n) is 0.0991. The van der Waals surface area contributed by atoms with E-state index in [-0.39, 0.29) is 0 Å². The van der Waals surface area contributed by atoms with Gasteiger partial charge in [-0.1, -0.05) is 0 Å². The second-order valence-electron chi connectivity index (χ2n) is 1.04. The molecule has 0 aliphatic heterocycles. The van der Waals surface area contributed by atoms with Crippen molar-refractivity contribution in [2.45, 2.75) is 12.6 Å². The van der Waals surface area contributed by atoms with Crippen LogP contribution < -0.4 is 0 Å². The first kappa shape index (κ1) is 7.75. The maximum absolute atomic E-state index is 11.4. The molecule has 0 aliphatic rings. The molecular weight excluding hydrogens is 144 g/mol. The number of carbonyl (C=O) groups is 1. The molecule has 0 saturated carbocycles. The number of hydrogen-bond acceptors (Lipinski definition) is 1. The highest BCUT2D eigenvalue weighted by molar-refractivity contribution is 6.64. The van der Waals surface area contributed by atoms with Crippen molar-refractivity contribution in [1.29, 1.82) is 0 Å². The zero-order valence-electron chi connectivity index (χ0n) is 3.57. The van der Waals surface area contributed by atoms with Crippen LogP contribution >= 0.6 is 11.6 Å². The maximum Gasteiger partial charge on any atom is 0.277 e. The second kappa shape index (κ2) is 2.91. The van der Waals surface area contributed by atoms with Crippen LogP contribution in [0.5, 0.6) is 0 Å². The fourth-order valence-corrected chi connectivity index (χ4v) is 0.194. The van der Waals surface area contributed by atoms with Gasteiger partial charge in [0.1, 0.15) is 0 Å². The molecule has 8 heavy (non-hydrogen) atoms. The lowest BCUT2D eigenvalue weighted by Crippen LogP contribution is -2.18. The Bertz CT molecular complexity index is 94.5. The maximum atomic E-state index is 11.4. The van der Waals surface area contributed by atoms with E-state index in [2.05, 4.69) is 11.6 Å². The van der Waals surface area contributed by atoms with Gasteiger partial charge in [0.05, 0.1) is 0 Å². The van der Waals surface area contributed by atoms with E-state index in [0.717, 1.165) is 0 Å². The molecular formula is C3H2ClF3O. The summed E-state index contributed by atoms with van der Waals surface area (Å²) in [6.07, 6.45) is -6.14. The Morgan fingerprint density at radius 1 is 1.38 bits per heavy atom. The summed E-state index contributed by atoms with van der Waals surface area (Å²) in [6, 6.07) is 0. The third-order valence-electron chi connectivity index (χ3n) is 0.438. The molecule has 0 aliphatic carbocycles. The van der Waals surface area contributed by atoms with Crippen molar-refractivity contribution in [2.75, 3.05) is 0 Å². The van der Waals surface area contributed by atoms with Crippen LogP contribution in [-0.2, 0) is 4.79 Å². The summed E-state index contributed by atoms with van der Waals surface area (Å²) in [4.78, 5) is 9.50. The van der Waals surface area contributed by atoms with Gasteiger partial charge < -0.3 is 0 Å². The van der Waals surface area contributed by atoms with Crippen molar-refractivity contribution < 1.29 is 18.0 Å². The van der Waals surface area contributed by atoms with Gasteiger partial charge in [-0.3, -0.25) is 4.79 Å². The fraction of sp³-hybridized carbons (Fsp3) is 0.667. The van der Waals surface area contributed by atoms with Crippen LogP contribution in [0.4, 0.5) is 13.2 Å². The molecule has 48 valence electrons. The molecule has 0 amide bonds. The Morgan fingerprint density at radius 3 is 1.75 bits per heavy atom. The summed E-state index contributed by atoms with van der Waals surface area (Å²) >= 11 is 4.33. The van der Waals surface area contributed by atoms with E-state index < -0.39 is 17.8 Å². The van der Waals surface area contributed by atoms with Crippen molar-refractivity contribution in [3.05, 3.63) is 0 Å². The SMILES string of the molecule is O=C(Cl)C(F)C(F)F. The predicted molar refractivity (Wildman–Crippen MR) is 21.8 cm³/mol. The number of halogens is 4. The number of hydrogen-bond donors (Lipinski definition) is 0. The van der Waals surface area contributed by atoms with E-state index in [4.69, 9.17) is 0 Å². The van der Waals surface area contributed by atoms with Crippen molar-refractivity contribution in [1.82, 2.24) is 0 Å². The molecule has 0 aromatic rings. The standard InChI is InChI=1S/C3H2ClF3O/c4-2(8)1(5)3(6)7/h1,3H. The van der Waals surface area contributed by atoms with Crippen LogP contribution in [0.1, 0.15) is 0 Å². The summed E-state index contributed by atoms with van der Waals surface area (Å²) in [5.74, 6) is 0. The van der Waals surface area contributed by atoms with E-state index in [9.17, 15) is 18.0 Å². The van der Waals surface area contributed by atoms with Gasteiger partial charge in [-0.25, -0.2) is 13.2 Å². The number of alkyl halides is 3. The van der Waals surface area contributed by atoms with E-state index in [1.807, 2.05) is 0 Å². The van der Waals surface area contributed by atoms with Crippen LogP contribution in [0.15, 0.2) is 0 Å². The topological polar surface area (TPSA) is 17.1 Å². The van der Waals surface area contributed by atoms with Crippen LogP contribution in [0, 0.1) is 0 Å². The van der Waals surface area contributed by atoms with Crippen LogP contribution in [0.2, 0.25) is 0 Å². The van der Waals surface area contributed by atoms with Crippen LogP contribution in [0.25, 0.3) is 0 Å². The van der Waals surface area contributed by atoms with Gasteiger partial charge in [0.2, 0.25) is 6.17 Å². The van der Waals surface area contributed by atoms with Gasteiger partial charge in [0.25, 0.3) is 11.7 Å². The van der Waals surface area contributed by atoms with E-state index in [1.54, 1.807) is 0 Å². The Labute approximate surface area is 48.4 Å². The third-order valence-corrected chi connectivity index (χ3v) is 0.647. The first-order chi connectivity index (χ1) is 3.55. The molecule has 0 fully saturated rings. The van der Waals surface area contributed by atoms with Gasteiger partial charge in [0.15, 0.2) is 0 Å². The lowest BCUT2D eigenvalue weighted by atomic mass is 10.4.